The molecule has 0 radical (unpaired) electrons. The predicted molar refractivity (Wildman–Crippen MR) is 134 cm³/mol. The fourth-order valence-electron chi connectivity index (χ4n) is 4.13. The average Bonchev–Trinajstić information content (AvgIpc) is 3.11. The molecule has 4 rings (SSSR count). The van der Waals surface area contributed by atoms with Gasteiger partial charge in [0.25, 0.3) is 10.1 Å². The average molecular weight is 644 g/mol. The van der Waals surface area contributed by atoms with Gasteiger partial charge in [-0.25, -0.2) is 8.78 Å². The number of benzene rings is 3. The number of hydrogen-bond acceptors (Lipinski definition) is 7. The van der Waals surface area contributed by atoms with Crippen LogP contribution in [0.3, 0.4) is 0 Å². The van der Waals surface area contributed by atoms with Gasteiger partial charge in [-0.05, 0) is 28.7 Å². The maximum absolute atomic E-state index is 15.3. The fraction of sp³-hybridized carbons (Fsp3) is 0.200. The van der Waals surface area contributed by atoms with Crippen molar-refractivity contribution in [3.8, 4) is 0 Å². The highest BCUT2D eigenvalue weighted by atomic mass is 127. The van der Waals surface area contributed by atoms with Gasteiger partial charge in [0.05, 0.1) is 6.61 Å². The highest BCUT2D eigenvalue weighted by Crippen LogP contribution is 2.49. The maximum Gasteiger partial charge on any atom is 0.305 e. The number of aliphatic hydroxyl groups excluding tert-OH is 2. The second kappa shape index (κ2) is 10.3. The summed E-state index contributed by atoms with van der Waals surface area (Å²) < 4.78 is 70.6. The Balaban J connectivity index is 2.10. The van der Waals surface area contributed by atoms with Crippen LogP contribution in [0, 0.1) is 3.57 Å². The highest BCUT2D eigenvalue weighted by Gasteiger charge is 2.60. The van der Waals surface area contributed by atoms with Gasteiger partial charge in [0.2, 0.25) is 0 Å². The van der Waals surface area contributed by atoms with E-state index in [-0.39, 0.29) is 20.3 Å². The van der Waals surface area contributed by atoms with Crippen LogP contribution >= 0.6 is 22.6 Å². The Kier molecular flexibility index (Phi) is 7.61. The Morgan fingerprint density at radius 1 is 0.973 bits per heavy atom. The van der Waals surface area contributed by atoms with E-state index in [2.05, 4.69) is 0 Å². The third kappa shape index (κ3) is 4.96. The minimum atomic E-state index is -5.32. The summed E-state index contributed by atoms with van der Waals surface area (Å²) in [7, 11) is -5.32. The van der Waals surface area contributed by atoms with Crippen molar-refractivity contribution in [2.75, 3.05) is 6.61 Å². The molecule has 1 aliphatic rings. The van der Waals surface area contributed by atoms with Crippen LogP contribution in [-0.2, 0) is 14.9 Å². The number of carbonyl (C=O) groups excluding carboxylic acids is 2. The molecule has 3 aromatic carbocycles. The van der Waals surface area contributed by atoms with Crippen molar-refractivity contribution in [1.29, 1.82) is 0 Å². The Morgan fingerprint density at radius 2 is 1.49 bits per heavy atom. The molecular weight excluding hydrogens is 625 g/mol. The van der Waals surface area contributed by atoms with Crippen LogP contribution in [-0.4, -0.2) is 59.5 Å². The Morgan fingerprint density at radius 3 is 1.95 bits per heavy atom. The summed E-state index contributed by atoms with van der Waals surface area (Å²) in [5.41, 5.74) is -1.77. The van der Waals surface area contributed by atoms with Gasteiger partial charge in [0.15, 0.2) is 17.7 Å². The Labute approximate surface area is 223 Å². The molecule has 0 saturated carbocycles. The van der Waals surface area contributed by atoms with Gasteiger partial charge in [-0.1, -0.05) is 60.7 Å². The summed E-state index contributed by atoms with van der Waals surface area (Å²) in [5.74, 6) is -5.82. The summed E-state index contributed by atoms with van der Waals surface area (Å²) in [6.45, 7) is -1.03. The number of halogens is 3. The third-order valence-corrected chi connectivity index (χ3v) is 7.95. The van der Waals surface area contributed by atoms with Crippen molar-refractivity contribution in [1.82, 2.24) is 0 Å². The zero-order chi connectivity index (χ0) is 27.1. The molecule has 194 valence electrons. The normalized spacial score (nSPS) is 21.1. The van der Waals surface area contributed by atoms with E-state index in [9.17, 15) is 32.8 Å². The Hall–Kier alpha value is -2.62. The quantitative estimate of drug-likeness (QED) is 0.202. The second-order valence-corrected chi connectivity index (χ2v) is 10.7. The lowest BCUT2D eigenvalue weighted by Gasteiger charge is -2.25. The minimum Gasteiger partial charge on any atom is -0.394 e. The van der Waals surface area contributed by atoms with Gasteiger partial charge in [-0.3, -0.25) is 14.1 Å². The minimum absolute atomic E-state index is 0.0205. The molecule has 0 aromatic heterocycles. The van der Waals surface area contributed by atoms with Gasteiger partial charge in [0.1, 0.15) is 17.1 Å². The third-order valence-electron chi connectivity index (χ3n) is 5.94. The summed E-state index contributed by atoms with van der Waals surface area (Å²) in [5, 5.41) is 19.5. The van der Waals surface area contributed by atoms with Crippen molar-refractivity contribution in [2.24, 2.45) is 0 Å². The first-order valence-corrected chi connectivity index (χ1v) is 13.3. The van der Waals surface area contributed by atoms with E-state index in [1.165, 1.54) is 36.4 Å². The van der Waals surface area contributed by atoms with Crippen LogP contribution in [0.4, 0.5) is 8.78 Å². The molecule has 3 N–H and O–H groups in total. The molecule has 1 fully saturated rings. The first-order valence-electron chi connectivity index (χ1n) is 10.7. The standard InChI is InChI=1S/C25H19F2IO8S/c26-25(27)23(32)16(12-29)36-24(25)18-17(37(33,34)35)11-15(21(30)13-7-3-1-4-8-13)20(28)19(18)22(31)14-9-5-2-6-10-14/h1-11,16,23-24,29,32H,12H2,(H,33,34,35)/t16-,23-,24+/m1/s1. The SMILES string of the molecule is O=C(c1ccccc1)c1cc(S(=O)(=O)O)c([C@@H]2O[C@H](CO)[C@@H](O)C2(F)F)c(C(=O)c2ccccc2)c1I. The van der Waals surface area contributed by atoms with E-state index >= 15 is 8.78 Å². The van der Waals surface area contributed by atoms with Crippen LogP contribution in [0.15, 0.2) is 71.6 Å². The van der Waals surface area contributed by atoms with Crippen LogP contribution in [0.5, 0.6) is 0 Å². The molecule has 1 aliphatic heterocycles. The lowest BCUT2D eigenvalue weighted by Crippen LogP contribution is -2.38. The number of carbonyl (C=O) groups is 2. The topological polar surface area (TPSA) is 138 Å². The molecule has 0 aliphatic carbocycles. The number of ketones is 2. The first kappa shape index (κ1) is 27.4. The molecule has 1 saturated heterocycles. The summed E-state index contributed by atoms with van der Waals surface area (Å²) >= 11 is 1.58. The van der Waals surface area contributed by atoms with E-state index in [0.29, 0.717) is 6.07 Å². The zero-order valence-corrected chi connectivity index (χ0v) is 21.7. The second-order valence-electron chi connectivity index (χ2n) is 8.25. The van der Waals surface area contributed by atoms with E-state index in [0.717, 1.165) is 0 Å². The molecule has 37 heavy (non-hydrogen) atoms. The highest BCUT2D eigenvalue weighted by molar-refractivity contribution is 14.1. The van der Waals surface area contributed by atoms with Gasteiger partial charge in [-0.2, -0.15) is 8.42 Å². The molecule has 12 heteroatoms. The van der Waals surface area contributed by atoms with Crippen molar-refractivity contribution in [2.45, 2.75) is 29.1 Å². The van der Waals surface area contributed by atoms with Crippen LogP contribution in [0.25, 0.3) is 0 Å². The number of alkyl halides is 2. The van der Waals surface area contributed by atoms with Crippen molar-refractivity contribution >= 4 is 44.3 Å². The smallest absolute Gasteiger partial charge is 0.305 e. The molecule has 3 aromatic rings. The number of rotatable bonds is 7. The maximum atomic E-state index is 15.3. The predicted octanol–water partition coefficient (Wildman–Crippen LogP) is 3.43. The lowest BCUT2D eigenvalue weighted by atomic mass is 9.89. The van der Waals surface area contributed by atoms with Crippen molar-refractivity contribution in [3.63, 3.8) is 0 Å². The lowest BCUT2D eigenvalue weighted by molar-refractivity contribution is -0.114. The van der Waals surface area contributed by atoms with E-state index in [1.54, 1.807) is 46.9 Å². The first-order chi connectivity index (χ1) is 17.4. The number of hydrogen-bond donors (Lipinski definition) is 3. The van der Waals surface area contributed by atoms with Gasteiger partial charge in [0, 0.05) is 31.4 Å². The van der Waals surface area contributed by atoms with Crippen LogP contribution < -0.4 is 0 Å². The van der Waals surface area contributed by atoms with Crippen LogP contribution in [0.2, 0.25) is 0 Å². The summed E-state index contributed by atoms with van der Waals surface area (Å²) in [4.78, 5) is 25.8. The Bertz CT molecular complexity index is 1460. The van der Waals surface area contributed by atoms with E-state index in [1.807, 2.05) is 0 Å². The number of ether oxygens (including phenoxy) is 1. The monoisotopic (exact) mass is 644 g/mol. The largest absolute Gasteiger partial charge is 0.394 e. The molecule has 0 spiro atoms. The number of aliphatic hydroxyl groups is 2. The van der Waals surface area contributed by atoms with Crippen molar-refractivity contribution in [3.05, 3.63) is 98.1 Å². The molecule has 0 amide bonds. The van der Waals surface area contributed by atoms with Gasteiger partial charge >= 0.3 is 5.92 Å². The van der Waals surface area contributed by atoms with Gasteiger partial charge < -0.3 is 14.9 Å². The zero-order valence-electron chi connectivity index (χ0n) is 18.7. The summed E-state index contributed by atoms with van der Waals surface area (Å²) in [6, 6.07) is 15.6. The van der Waals surface area contributed by atoms with E-state index in [4.69, 9.17) is 4.74 Å². The fourth-order valence-corrected chi connectivity index (χ4v) is 5.82. The molecule has 8 nitrogen and oxygen atoms in total. The molecule has 3 atom stereocenters. The van der Waals surface area contributed by atoms with Crippen molar-refractivity contribution < 1.29 is 46.3 Å². The summed E-state index contributed by atoms with van der Waals surface area (Å²) in [6.07, 6.45) is -6.90. The molecular formula is C25H19F2IO8S. The molecule has 1 heterocycles. The molecule has 0 unspecified atom stereocenters. The van der Waals surface area contributed by atoms with E-state index < -0.39 is 68.5 Å². The molecule has 0 bridgehead atoms. The van der Waals surface area contributed by atoms with Gasteiger partial charge in [-0.15, -0.1) is 0 Å². The van der Waals surface area contributed by atoms with Crippen LogP contribution in [0.1, 0.15) is 43.5 Å².